The first-order valence-corrected chi connectivity index (χ1v) is 4.47. The van der Waals surface area contributed by atoms with Crippen LogP contribution in [0.3, 0.4) is 0 Å². The highest BCUT2D eigenvalue weighted by molar-refractivity contribution is 5.43. The molecule has 0 nitrogen and oxygen atoms in total. The molecule has 60 valence electrons. The summed E-state index contributed by atoms with van der Waals surface area (Å²) in [6.45, 7) is 9.21. The van der Waals surface area contributed by atoms with Crippen molar-refractivity contribution in [1.29, 1.82) is 0 Å². The van der Waals surface area contributed by atoms with Crippen LogP contribution >= 0.6 is 0 Å². The molecule has 0 aliphatic heterocycles. The molecule has 0 spiro atoms. The van der Waals surface area contributed by atoms with E-state index in [1.54, 1.807) is 22.3 Å². The Morgan fingerprint density at radius 1 is 0.727 bits per heavy atom. The van der Waals surface area contributed by atoms with Gasteiger partial charge in [0, 0.05) is 11.8 Å². The summed E-state index contributed by atoms with van der Waals surface area (Å²) in [5.74, 6) is 1.64. The standard InChI is InChI=1S/C11H16/c1-6-7(2)11-5-10(6)8(3)9(11)4/h10-11H,5H2,1-4H3. The molecule has 0 atom stereocenters. The molecule has 2 rings (SSSR count). The summed E-state index contributed by atoms with van der Waals surface area (Å²) < 4.78 is 0. The van der Waals surface area contributed by atoms with Gasteiger partial charge in [0.2, 0.25) is 0 Å². The van der Waals surface area contributed by atoms with E-state index in [4.69, 9.17) is 0 Å². The van der Waals surface area contributed by atoms with Gasteiger partial charge in [-0.25, -0.2) is 0 Å². The third-order valence-electron chi connectivity index (χ3n) is 3.81. The average Bonchev–Trinajstić information content (AvgIpc) is 2.40. The monoisotopic (exact) mass is 148 g/mol. The summed E-state index contributed by atoms with van der Waals surface area (Å²) in [5.41, 5.74) is 6.60. The van der Waals surface area contributed by atoms with Gasteiger partial charge in [-0.1, -0.05) is 22.3 Å². The van der Waals surface area contributed by atoms with Gasteiger partial charge in [0.25, 0.3) is 0 Å². The fourth-order valence-corrected chi connectivity index (χ4v) is 2.69. The van der Waals surface area contributed by atoms with Gasteiger partial charge in [0.05, 0.1) is 0 Å². The van der Waals surface area contributed by atoms with Crippen LogP contribution < -0.4 is 0 Å². The number of allylic oxidation sites excluding steroid dienone is 4. The molecule has 0 saturated heterocycles. The summed E-state index contributed by atoms with van der Waals surface area (Å²) in [6, 6.07) is 0. The van der Waals surface area contributed by atoms with Crippen LogP contribution in [0.1, 0.15) is 34.1 Å². The van der Waals surface area contributed by atoms with E-state index in [2.05, 4.69) is 27.7 Å². The maximum atomic E-state index is 2.30. The molecule has 11 heavy (non-hydrogen) atoms. The molecule has 2 aliphatic carbocycles. The van der Waals surface area contributed by atoms with Crippen molar-refractivity contribution >= 4 is 0 Å². The van der Waals surface area contributed by atoms with Crippen molar-refractivity contribution < 1.29 is 0 Å². The molecule has 0 radical (unpaired) electrons. The predicted octanol–water partition coefficient (Wildman–Crippen LogP) is 3.31. The second-order valence-corrected chi connectivity index (χ2v) is 4.07. The van der Waals surface area contributed by atoms with Gasteiger partial charge in [0.1, 0.15) is 0 Å². The molecule has 0 aromatic carbocycles. The molecule has 0 N–H and O–H groups in total. The summed E-state index contributed by atoms with van der Waals surface area (Å²) in [5, 5.41) is 0. The SMILES string of the molecule is CC1=C(C)C2CC1C(C)=C2C. The first-order chi connectivity index (χ1) is 5.13. The molecule has 2 aliphatic rings. The van der Waals surface area contributed by atoms with Gasteiger partial charge >= 0.3 is 0 Å². The Bertz CT molecular complexity index is 214. The maximum absolute atomic E-state index is 2.30. The van der Waals surface area contributed by atoms with Crippen LogP contribution in [-0.4, -0.2) is 0 Å². The minimum Gasteiger partial charge on any atom is -0.0666 e. The van der Waals surface area contributed by atoms with E-state index in [9.17, 15) is 0 Å². The lowest BCUT2D eigenvalue weighted by atomic mass is 9.89. The Labute approximate surface area is 69.0 Å². The number of fused-ring (bicyclic) bond motifs is 2. The Balaban J connectivity index is 2.46. The Hall–Kier alpha value is -0.520. The minimum atomic E-state index is 0.819. The highest BCUT2D eigenvalue weighted by Gasteiger charge is 2.37. The van der Waals surface area contributed by atoms with Crippen LogP contribution in [0.5, 0.6) is 0 Å². The van der Waals surface area contributed by atoms with Crippen LogP contribution in [-0.2, 0) is 0 Å². The van der Waals surface area contributed by atoms with Crippen LogP contribution in [0.15, 0.2) is 22.3 Å². The van der Waals surface area contributed by atoms with Crippen LogP contribution in [0.25, 0.3) is 0 Å². The lowest BCUT2D eigenvalue weighted by Crippen LogP contribution is -2.01. The van der Waals surface area contributed by atoms with Gasteiger partial charge in [-0.05, 0) is 34.1 Å². The maximum Gasteiger partial charge on any atom is 0.00158 e. The molecule has 0 saturated carbocycles. The Morgan fingerprint density at radius 2 is 1.00 bits per heavy atom. The summed E-state index contributed by atoms with van der Waals surface area (Å²) in [7, 11) is 0. The van der Waals surface area contributed by atoms with Gasteiger partial charge < -0.3 is 0 Å². The summed E-state index contributed by atoms with van der Waals surface area (Å²) in [6.07, 6.45) is 1.38. The van der Waals surface area contributed by atoms with E-state index in [0.29, 0.717) is 0 Å². The van der Waals surface area contributed by atoms with Crippen molar-refractivity contribution in [1.82, 2.24) is 0 Å². The van der Waals surface area contributed by atoms with E-state index in [1.165, 1.54) is 6.42 Å². The fraction of sp³-hybridized carbons (Fsp3) is 0.636. The quantitative estimate of drug-likeness (QED) is 0.462. The van der Waals surface area contributed by atoms with E-state index < -0.39 is 0 Å². The Kier molecular flexibility index (Phi) is 1.30. The average molecular weight is 148 g/mol. The Morgan fingerprint density at radius 3 is 1.18 bits per heavy atom. The molecule has 0 fully saturated rings. The van der Waals surface area contributed by atoms with Gasteiger partial charge in [-0.15, -0.1) is 0 Å². The molecule has 2 bridgehead atoms. The van der Waals surface area contributed by atoms with Gasteiger partial charge in [-0.2, -0.15) is 0 Å². The number of rotatable bonds is 0. The van der Waals surface area contributed by atoms with Gasteiger partial charge in [-0.3, -0.25) is 0 Å². The normalized spacial score (nSPS) is 36.0. The second-order valence-electron chi connectivity index (χ2n) is 4.07. The first kappa shape index (κ1) is 7.15. The first-order valence-electron chi connectivity index (χ1n) is 4.47. The summed E-state index contributed by atoms with van der Waals surface area (Å²) in [4.78, 5) is 0. The largest absolute Gasteiger partial charge is 0.0666 e. The molecule has 0 aromatic rings. The van der Waals surface area contributed by atoms with E-state index in [-0.39, 0.29) is 0 Å². The zero-order valence-corrected chi connectivity index (χ0v) is 7.86. The molecule has 0 amide bonds. The lowest BCUT2D eigenvalue weighted by molar-refractivity contribution is 0.674. The molecule has 0 unspecified atom stereocenters. The van der Waals surface area contributed by atoms with Crippen molar-refractivity contribution in [3.05, 3.63) is 22.3 Å². The highest BCUT2D eigenvalue weighted by atomic mass is 14.4. The number of hydrogen-bond acceptors (Lipinski definition) is 0. The number of hydrogen-bond donors (Lipinski definition) is 0. The molecule has 0 heteroatoms. The van der Waals surface area contributed by atoms with Crippen LogP contribution in [0, 0.1) is 11.8 Å². The lowest BCUT2D eigenvalue weighted by Gasteiger charge is -2.17. The molecule has 0 heterocycles. The van der Waals surface area contributed by atoms with Gasteiger partial charge in [0.15, 0.2) is 0 Å². The molecular weight excluding hydrogens is 132 g/mol. The third-order valence-corrected chi connectivity index (χ3v) is 3.81. The van der Waals surface area contributed by atoms with Crippen LogP contribution in [0.2, 0.25) is 0 Å². The second kappa shape index (κ2) is 2.00. The van der Waals surface area contributed by atoms with Crippen molar-refractivity contribution in [3.63, 3.8) is 0 Å². The molecule has 0 aromatic heterocycles. The van der Waals surface area contributed by atoms with Crippen molar-refractivity contribution in [3.8, 4) is 0 Å². The van der Waals surface area contributed by atoms with E-state index in [0.717, 1.165) is 11.8 Å². The van der Waals surface area contributed by atoms with Crippen molar-refractivity contribution in [2.75, 3.05) is 0 Å². The van der Waals surface area contributed by atoms with Crippen molar-refractivity contribution in [2.24, 2.45) is 11.8 Å². The zero-order valence-electron chi connectivity index (χ0n) is 7.86. The van der Waals surface area contributed by atoms with Crippen LogP contribution in [0.4, 0.5) is 0 Å². The van der Waals surface area contributed by atoms with E-state index in [1.807, 2.05) is 0 Å². The smallest absolute Gasteiger partial charge is 0.00158 e. The topological polar surface area (TPSA) is 0 Å². The van der Waals surface area contributed by atoms with Crippen molar-refractivity contribution in [2.45, 2.75) is 34.1 Å². The fourth-order valence-electron chi connectivity index (χ4n) is 2.69. The molecular formula is C11H16. The minimum absolute atomic E-state index is 0.819. The predicted molar refractivity (Wildman–Crippen MR) is 48.3 cm³/mol. The zero-order chi connectivity index (χ0) is 8.17. The summed E-state index contributed by atoms with van der Waals surface area (Å²) >= 11 is 0. The highest BCUT2D eigenvalue weighted by Crippen LogP contribution is 2.51. The third kappa shape index (κ3) is 0.702. The van der Waals surface area contributed by atoms with E-state index >= 15 is 0 Å².